The summed E-state index contributed by atoms with van der Waals surface area (Å²) in [6, 6.07) is 19.2. The summed E-state index contributed by atoms with van der Waals surface area (Å²) in [6.07, 6.45) is 0. The molecule has 1 N–H and O–H groups in total. The van der Waals surface area contributed by atoms with Gasteiger partial charge in [0.1, 0.15) is 5.75 Å². The third-order valence-electron chi connectivity index (χ3n) is 4.89. The lowest BCUT2D eigenvalue weighted by Crippen LogP contribution is -2.29. The van der Waals surface area contributed by atoms with Crippen molar-refractivity contribution < 1.29 is 19.1 Å². The van der Waals surface area contributed by atoms with E-state index in [0.29, 0.717) is 17.1 Å². The van der Waals surface area contributed by atoms with Crippen molar-refractivity contribution >= 4 is 29.1 Å². The third kappa shape index (κ3) is 3.55. The highest BCUT2D eigenvalue weighted by Crippen LogP contribution is 2.32. The van der Waals surface area contributed by atoms with Gasteiger partial charge in [-0.1, -0.05) is 42.0 Å². The van der Waals surface area contributed by atoms with Crippen molar-refractivity contribution in [2.45, 2.75) is 13.8 Å². The number of aryl methyl sites for hydroxylation is 2. The number of benzene rings is 3. The molecule has 30 heavy (non-hydrogen) atoms. The Bertz CT molecular complexity index is 1160. The average molecular weight is 400 g/mol. The van der Waals surface area contributed by atoms with Crippen LogP contribution < -0.4 is 15.0 Å². The normalized spacial score (nSPS) is 12.7. The number of rotatable bonds is 5. The first-order valence-electron chi connectivity index (χ1n) is 9.52. The van der Waals surface area contributed by atoms with E-state index in [9.17, 15) is 14.4 Å². The molecule has 1 aliphatic rings. The SMILES string of the molecule is Cc1ccc(OCC(=O)Nc2cccc3c2C(=O)N(c2ccccc2)C3=O)c(C)c1. The molecule has 0 saturated heterocycles. The monoisotopic (exact) mass is 400 g/mol. The molecule has 0 atom stereocenters. The molecule has 0 saturated carbocycles. The molecule has 4 rings (SSSR count). The highest BCUT2D eigenvalue weighted by Gasteiger charge is 2.38. The van der Waals surface area contributed by atoms with Gasteiger partial charge in [0.2, 0.25) is 0 Å². The van der Waals surface area contributed by atoms with E-state index in [1.165, 1.54) is 0 Å². The van der Waals surface area contributed by atoms with E-state index in [2.05, 4.69) is 5.32 Å². The van der Waals surface area contributed by atoms with Crippen LogP contribution >= 0.6 is 0 Å². The molecule has 3 aromatic rings. The van der Waals surface area contributed by atoms with Crippen LogP contribution in [-0.2, 0) is 4.79 Å². The number of hydrogen-bond donors (Lipinski definition) is 1. The smallest absolute Gasteiger partial charge is 0.268 e. The zero-order valence-electron chi connectivity index (χ0n) is 16.6. The molecule has 3 amide bonds. The fourth-order valence-corrected chi connectivity index (χ4v) is 3.49. The van der Waals surface area contributed by atoms with E-state index in [1.807, 2.05) is 38.1 Å². The largest absolute Gasteiger partial charge is 0.483 e. The molecule has 0 unspecified atom stereocenters. The number of carbonyl (C=O) groups excluding carboxylic acids is 3. The molecular formula is C24H20N2O4. The van der Waals surface area contributed by atoms with Gasteiger partial charge in [-0.2, -0.15) is 0 Å². The summed E-state index contributed by atoms with van der Waals surface area (Å²) in [5, 5.41) is 2.70. The number of fused-ring (bicyclic) bond motifs is 1. The van der Waals surface area contributed by atoms with E-state index < -0.39 is 17.7 Å². The maximum Gasteiger partial charge on any atom is 0.268 e. The number of ether oxygens (including phenoxy) is 1. The quantitative estimate of drug-likeness (QED) is 0.654. The van der Waals surface area contributed by atoms with Gasteiger partial charge in [-0.05, 0) is 49.7 Å². The van der Waals surface area contributed by atoms with Gasteiger partial charge >= 0.3 is 0 Å². The van der Waals surface area contributed by atoms with Gasteiger partial charge in [0.15, 0.2) is 6.61 Å². The Balaban J connectivity index is 1.53. The first kappa shape index (κ1) is 19.4. The summed E-state index contributed by atoms with van der Waals surface area (Å²) >= 11 is 0. The van der Waals surface area contributed by atoms with Crippen LogP contribution in [0.3, 0.4) is 0 Å². The van der Waals surface area contributed by atoms with Crippen molar-refractivity contribution in [3.05, 3.63) is 89.0 Å². The number of carbonyl (C=O) groups is 3. The van der Waals surface area contributed by atoms with Gasteiger partial charge in [0.25, 0.3) is 17.7 Å². The van der Waals surface area contributed by atoms with E-state index >= 15 is 0 Å². The number of anilines is 2. The molecule has 0 radical (unpaired) electrons. The first-order valence-corrected chi connectivity index (χ1v) is 9.52. The van der Waals surface area contributed by atoms with Crippen molar-refractivity contribution in [2.75, 3.05) is 16.8 Å². The molecule has 1 heterocycles. The summed E-state index contributed by atoms with van der Waals surface area (Å²) in [5.41, 5.74) is 3.26. The predicted molar refractivity (Wildman–Crippen MR) is 114 cm³/mol. The highest BCUT2D eigenvalue weighted by molar-refractivity contribution is 6.36. The van der Waals surface area contributed by atoms with Crippen molar-refractivity contribution in [1.29, 1.82) is 0 Å². The van der Waals surface area contributed by atoms with Crippen LogP contribution in [0.15, 0.2) is 66.7 Å². The van der Waals surface area contributed by atoms with Gasteiger partial charge in [-0.25, -0.2) is 4.90 Å². The second-order valence-electron chi connectivity index (χ2n) is 7.12. The lowest BCUT2D eigenvalue weighted by molar-refractivity contribution is -0.118. The number of nitrogens with one attached hydrogen (secondary N) is 1. The van der Waals surface area contributed by atoms with Crippen LogP contribution in [-0.4, -0.2) is 24.3 Å². The number of imide groups is 1. The molecule has 3 aromatic carbocycles. The third-order valence-corrected chi connectivity index (χ3v) is 4.89. The molecule has 6 heteroatoms. The fourth-order valence-electron chi connectivity index (χ4n) is 3.49. The van der Waals surface area contributed by atoms with Gasteiger partial charge < -0.3 is 10.1 Å². The maximum absolute atomic E-state index is 13.0. The van der Waals surface area contributed by atoms with Crippen LogP contribution in [0.4, 0.5) is 11.4 Å². The van der Waals surface area contributed by atoms with Crippen LogP contribution in [0.25, 0.3) is 0 Å². The predicted octanol–water partition coefficient (Wildman–Crippen LogP) is 4.12. The summed E-state index contributed by atoms with van der Waals surface area (Å²) in [4.78, 5) is 39.4. The lowest BCUT2D eigenvalue weighted by Gasteiger charge is -2.14. The molecule has 6 nitrogen and oxygen atoms in total. The van der Waals surface area contributed by atoms with E-state index in [-0.39, 0.29) is 17.7 Å². The molecule has 150 valence electrons. The standard InChI is InChI=1S/C24H20N2O4/c1-15-11-12-20(16(2)13-15)30-14-21(27)25-19-10-6-9-18-22(19)24(29)26(23(18)28)17-7-4-3-5-8-17/h3-13H,14H2,1-2H3,(H,25,27). The molecule has 1 aliphatic heterocycles. The fraction of sp³-hybridized carbons (Fsp3) is 0.125. The van der Waals surface area contributed by atoms with Crippen LogP contribution in [0.2, 0.25) is 0 Å². The van der Waals surface area contributed by atoms with Crippen molar-refractivity contribution in [2.24, 2.45) is 0 Å². The second kappa shape index (κ2) is 7.83. The Morgan fingerprint density at radius 3 is 2.43 bits per heavy atom. The zero-order chi connectivity index (χ0) is 21.3. The number of nitrogens with zero attached hydrogens (tertiary/aromatic N) is 1. The molecule has 0 spiro atoms. The Kier molecular flexibility index (Phi) is 5.06. The van der Waals surface area contributed by atoms with Crippen molar-refractivity contribution in [3.8, 4) is 5.75 Å². The zero-order valence-corrected chi connectivity index (χ0v) is 16.6. The van der Waals surface area contributed by atoms with Crippen LogP contribution in [0.1, 0.15) is 31.8 Å². The number of hydrogen-bond acceptors (Lipinski definition) is 4. The average Bonchev–Trinajstić information content (AvgIpc) is 2.99. The van der Waals surface area contributed by atoms with Gasteiger partial charge in [0, 0.05) is 0 Å². The van der Waals surface area contributed by atoms with Gasteiger partial charge in [-0.15, -0.1) is 0 Å². The first-order chi connectivity index (χ1) is 14.5. The Labute approximate surface area is 174 Å². The topological polar surface area (TPSA) is 75.7 Å². The molecule has 0 aromatic heterocycles. The molecule has 0 fully saturated rings. The number of amides is 3. The van der Waals surface area contributed by atoms with Crippen LogP contribution in [0, 0.1) is 13.8 Å². The van der Waals surface area contributed by atoms with E-state index in [0.717, 1.165) is 16.0 Å². The Morgan fingerprint density at radius 2 is 1.70 bits per heavy atom. The molecule has 0 bridgehead atoms. The Hall–Kier alpha value is -3.93. The summed E-state index contributed by atoms with van der Waals surface area (Å²) in [6.45, 7) is 3.68. The van der Waals surface area contributed by atoms with E-state index in [4.69, 9.17) is 4.74 Å². The second-order valence-corrected chi connectivity index (χ2v) is 7.12. The van der Waals surface area contributed by atoms with Crippen molar-refractivity contribution in [3.63, 3.8) is 0 Å². The summed E-state index contributed by atoms with van der Waals surface area (Å²) in [5.74, 6) is -0.673. The lowest BCUT2D eigenvalue weighted by atomic mass is 10.1. The summed E-state index contributed by atoms with van der Waals surface area (Å²) < 4.78 is 5.61. The highest BCUT2D eigenvalue weighted by atomic mass is 16.5. The summed E-state index contributed by atoms with van der Waals surface area (Å²) in [7, 11) is 0. The number of para-hydroxylation sites is 1. The van der Waals surface area contributed by atoms with E-state index in [1.54, 1.807) is 42.5 Å². The minimum Gasteiger partial charge on any atom is -0.483 e. The molecular weight excluding hydrogens is 380 g/mol. The minimum atomic E-state index is -0.465. The minimum absolute atomic E-state index is 0.186. The van der Waals surface area contributed by atoms with Crippen molar-refractivity contribution in [1.82, 2.24) is 0 Å². The van der Waals surface area contributed by atoms with Crippen LogP contribution in [0.5, 0.6) is 5.75 Å². The maximum atomic E-state index is 13.0. The van der Waals surface area contributed by atoms with Gasteiger partial charge in [0.05, 0.1) is 22.5 Å². The Morgan fingerprint density at radius 1 is 0.933 bits per heavy atom. The van der Waals surface area contributed by atoms with Gasteiger partial charge in [-0.3, -0.25) is 14.4 Å². The molecule has 0 aliphatic carbocycles.